The summed E-state index contributed by atoms with van der Waals surface area (Å²) in [5.41, 5.74) is 5.83. The maximum Gasteiger partial charge on any atom is 0.241 e. The normalized spacial score (nSPS) is 13.1. The van der Waals surface area contributed by atoms with E-state index in [2.05, 4.69) is 0 Å². The summed E-state index contributed by atoms with van der Waals surface area (Å²) < 4.78 is 28.1. The molecule has 0 fully saturated rings. The second-order valence-electron chi connectivity index (χ2n) is 4.11. The summed E-state index contributed by atoms with van der Waals surface area (Å²) in [6.07, 6.45) is 0. The van der Waals surface area contributed by atoms with Gasteiger partial charge in [0.15, 0.2) is 0 Å². The van der Waals surface area contributed by atoms with Crippen molar-refractivity contribution in [3.63, 3.8) is 0 Å². The van der Waals surface area contributed by atoms with Crippen molar-refractivity contribution in [2.45, 2.75) is 18.7 Å². The fraction of sp³-hybridized carbons (Fsp3) is 0.364. The zero-order chi connectivity index (χ0) is 13.9. The van der Waals surface area contributed by atoms with Crippen LogP contribution in [0.1, 0.15) is 12.5 Å². The van der Waals surface area contributed by atoms with Crippen LogP contribution in [0, 0.1) is 12.8 Å². The predicted molar refractivity (Wildman–Crippen MR) is 66.4 cm³/mol. The molecule has 1 unspecified atom stereocenters. The summed E-state index contributed by atoms with van der Waals surface area (Å²) in [6.45, 7) is 3.33. The molecule has 0 aliphatic heterocycles. The molecule has 18 heavy (non-hydrogen) atoms. The molecule has 0 spiro atoms. The number of sulfonamides is 1. The van der Waals surface area contributed by atoms with E-state index in [1.807, 2.05) is 0 Å². The van der Waals surface area contributed by atoms with E-state index in [9.17, 15) is 13.2 Å². The van der Waals surface area contributed by atoms with Gasteiger partial charge in [-0.25, -0.2) is 13.6 Å². The zero-order valence-electron chi connectivity index (χ0n) is 10.2. The van der Waals surface area contributed by atoms with E-state index < -0.39 is 21.8 Å². The van der Waals surface area contributed by atoms with E-state index in [0.29, 0.717) is 0 Å². The maximum atomic E-state index is 11.4. The van der Waals surface area contributed by atoms with Gasteiger partial charge in [-0.15, -0.1) is 0 Å². The molecule has 1 atom stereocenters. The average molecular weight is 272 g/mol. The molecule has 0 saturated carbocycles. The first kappa shape index (κ1) is 14.5. The van der Waals surface area contributed by atoms with Gasteiger partial charge in [0, 0.05) is 0 Å². The molecule has 0 heterocycles. The largest absolute Gasteiger partial charge is 0.491 e. The van der Waals surface area contributed by atoms with Crippen LogP contribution in [0.2, 0.25) is 0 Å². The fourth-order valence-electron chi connectivity index (χ4n) is 1.25. The molecule has 7 heteroatoms. The lowest BCUT2D eigenvalue weighted by Crippen LogP contribution is -2.26. The second-order valence-corrected chi connectivity index (χ2v) is 5.64. The van der Waals surface area contributed by atoms with E-state index in [1.165, 1.54) is 12.1 Å². The SMILES string of the molecule is Cc1ccc(OCC(C)C(N)=O)c(S(N)(=O)=O)c1. The number of primary sulfonamides is 1. The molecule has 1 aromatic carbocycles. The molecule has 0 bridgehead atoms. The van der Waals surface area contributed by atoms with Gasteiger partial charge in [-0.1, -0.05) is 13.0 Å². The monoisotopic (exact) mass is 272 g/mol. The van der Waals surface area contributed by atoms with E-state index >= 15 is 0 Å². The minimum atomic E-state index is -3.87. The Labute approximate surface area is 106 Å². The molecule has 1 aromatic rings. The standard InChI is InChI=1S/C11H16N2O4S/c1-7-3-4-9(10(5-7)18(13,15)16)17-6-8(2)11(12)14/h3-5,8H,6H2,1-2H3,(H2,12,14)(H2,13,15,16). The molecule has 1 rings (SSSR count). The summed E-state index contributed by atoms with van der Waals surface area (Å²) in [7, 11) is -3.87. The van der Waals surface area contributed by atoms with Gasteiger partial charge in [0.05, 0.1) is 12.5 Å². The second kappa shape index (κ2) is 5.36. The molecular formula is C11H16N2O4S. The summed E-state index contributed by atoms with van der Waals surface area (Å²) in [4.78, 5) is 10.8. The highest BCUT2D eigenvalue weighted by atomic mass is 32.2. The number of hydrogen-bond donors (Lipinski definition) is 2. The third-order valence-electron chi connectivity index (χ3n) is 2.38. The maximum absolute atomic E-state index is 11.4. The third kappa shape index (κ3) is 3.71. The van der Waals surface area contributed by atoms with Crippen molar-refractivity contribution in [3.05, 3.63) is 23.8 Å². The van der Waals surface area contributed by atoms with Crippen LogP contribution in [0.15, 0.2) is 23.1 Å². The molecule has 0 aliphatic rings. The fourth-order valence-corrected chi connectivity index (χ4v) is 2.01. The lowest BCUT2D eigenvalue weighted by Gasteiger charge is -2.13. The van der Waals surface area contributed by atoms with Crippen molar-refractivity contribution >= 4 is 15.9 Å². The Morgan fingerprint density at radius 1 is 1.44 bits per heavy atom. The van der Waals surface area contributed by atoms with E-state index in [0.717, 1.165) is 5.56 Å². The van der Waals surface area contributed by atoms with Crippen LogP contribution in [-0.4, -0.2) is 20.9 Å². The van der Waals surface area contributed by atoms with Gasteiger partial charge < -0.3 is 10.5 Å². The lowest BCUT2D eigenvalue weighted by molar-refractivity contribution is -0.122. The molecule has 100 valence electrons. The van der Waals surface area contributed by atoms with E-state index in [4.69, 9.17) is 15.6 Å². The molecule has 0 aliphatic carbocycles. The summed E-state index contributed by atoms with van der Waals surface area (Å²) in [5.74, 6) is -0.907. The minimum absolute atomic E-state index is 0.000907. The van der Waals surface area contributed by atoms with Crippen molar-refractivity contribution in [1.82, 2.24) is 0 Å². The van der Waals surface area contributed by atoms with Crippen LogP contribution in [0.4, 0.5) is 0 Å². The number of hydrogen-bond acceptors (Lipinski definition) is 4. The lowest BCUT2D eigenvalue weighted by atomic mass is 10.2. The summed E-state index contributed by atoms with van der Waals surface area (Å²) in [6, 6.07) is 4.61. The Morgan fingerprint density at radius 3 is 2.56 bits per heavy atom. The van der Waals surface area contributed by atoms with Gasteiger partial charge in [0.1, 0.15) is 10.6 Å². The summed E-state index contributed by atoms with van der Waals surface area (Å²) >= 11 is 0. The van der Waals surface area contributed by atoms with Crippen LogP contribution in [0.25, 0.3) is 0 Å². The number of primary amides is 1. The Bertz CT molecular complexity index is 554. The number of aryl methyl sites for hydroxylation is 1. The molecule has 0 radical (unpaired) electrons. The van der Waals surface area contributed by atoms with Crippen molar-refractivity contribution in [2.75, 3.05) is 6.61 Å². The molecular weight excluding hydrogens is 256 g/mol. The Hall–Kier alpha value is -1.60. The van der Waals surface area contributed by atoms with Gasteiger partial charge in [0.25, 0.3) is 0 Å². The van der Waals surface area contributed by atoms with Gasteiger partial charge in [-0.2, -0.15) is 0 Å². The average Bonchev–Trinajstić information content (AvgIpc) is 2.25. The van der Waals surface area contributed by atoms with Crippen molar-refractivity contribution in [3.8, 4) is 5.75 Å². The number of ether oxygens (including phenoxy) is 1. The smallest absolute Gasteiger partial charge is 0.241 e. The van der Waals surface area contributed by atoms with Crippen LogP contribution < -0.4 is 15.6 Å². The highest BCUT2D eigenvalue weighted by molar-refractivity contribution is 7.89. The first-order valence-electron chi connectivity index (χ1n) is 5.27. The number of benzene rings is 1. The highest BCUT2D eigenvalue weighted by Crippen LogP contribution is 2.24. The molecule has 6 nitrogen and oxygen atoms in total. The predicted octanol–water partition coefficient (Wildman–Crippen LogP) is 0.143. The van der Waals surface area contributed by atoms with E-state index in [-0.39, 0.29) is 17.3 Å². The zero-order valence-corrected chi connectivity index (χ0v) is 11.0. The van der Waals surface area contributed by atoms with Crippen molar-refractivity contribution in [1.29, 1.82) is 0 Å². The van der Waals surface area contributed by atoms with Gasteiger partial charge in [0.2, 0.25) is 15.9 Å². The Morgan fingerprint density at radius 2 is 2.06 bits per heavy atom. The number of carbonyl (C=O) groups excluding carboxylic acids is 1. The van der Waals surface area contributed by atoms with Crippen LogP contribution in [-0.2, 0) is 14.8 Å². The quantitative estimate of drug-likeness (QED) is 0.793. The molecule has 4 N–H and O–H groups in total. The highest BCUT2D eigenvalue weighted by Gasteiger charge is 2.17. The minimum Gasteiger partial charge on any atom is -0.491 e. The summed E-state index contributed by atoms with van der Waals surface area (Å²) in [5, 5.41) is 5.09. The van der Waals surface area contributed by atoms with Gasteiger partial charge in [-0.05, 0) is 24.6 Å². The number of nitrogens with two attached hydrogens (primary N) is 2. The van der Waals surface area contributed by atoms with Gasteiger partial charge >= 0.3 is 0 Å². The topological polar surface area (TPSA) is 112 Å². The van der Waals surface area contributed by atoms with E-state index in [1.54, 1.807) is 19.9 Å². The number of amides is 1. The van der Waals surface area contributed by atoms with Crippen molar-refractivity contribution in [2.24, 2.45) is 16.8 Å². The molecule has 0 aromatic heterocycles. The molecule has 0 saturated heterocycles. The first-order chi connectivity index (χ1) is 8.21. The third-order valence-corrected chi connectivity index (χ3v) is 3.31. The Kier molecular flexibility index (Phi) is 4.31. The first-order valence-corrected chi connectivity index (χ1v) is 6.82. The van der Waals surface area contributed by atoms with Gasteiger partial charge in [-0.3, -0.25) is 4.79 Å². The number of carbonyl (C=O) groups is 1. The Balaban J connectivity index is 3.00. The molecule has 1 amide bonds. The van der Waals surface area contributed by atoms with Crippen molar-refractivity contribution < 1.29 is 17.9 Å². The van der Waals surface area contributed by atoms with Crippen LogP contribution in [0.5, 0.6) is 5.75 Å². The number of rotatable bonds is 5. The van der Waals surface area contributed by atoms with Crippen LogP contribution >= 0.6 is 0 Å². The van der Waals surface area contributed by atoms with Crippen LogP contribution in [0.3, 0.4) is 0 Å².